The molecule has 2 atom stereocenters. The van der Waals surface area contributed by atoms with E-state index in [1.54, 1.807) is 0 Å². The zero-order chi connectivity index (χ0) is 15.1. The van der Waals surface area contributed by atoms with Crippen molar-refractivity contribution in [1.82, 2.24) is 14.7 Å². The first kappa shape index (κ1) is 16.3. The highest BCUT2D eigenvalue weighted by molar-refractivity contribution is 5.39. The van der Waals surface area contributed by atoms with Crippen molar-refractivity contribution in [2.45, 2.75) is 58.2 Å². The Balaban J connectivity index is 1.84. The van der Waals surface area contributed by atoms with Gasteiger partial charge in [0.25, 0.3) is 0 Å². The SMILES string of the molecule is CCN(CC)CCn1cc(NC2CCCCC2OC)cn1. The maximum atomic E-state index is 5.59. The minimum absolute atomic E-state index is 0.331. The van der Waals surface area contributed by atoms with Gasteiger partial charge in [0.15, 0.2) is 0 Å². The molecule has 2 unspecified atom stereocenters. The summed E-state index contributed by atoms with van der Waals surface area (Å²) < 4.78 is 7.63. The second-order valence-electron chi connectivity index (χ2n) is 5.83. The standard InChI is InChI=1S/C16H30N4O/c1-4-19(5-2)10-11-20-13-14(12-17-20)18-15-8-6-7-9-16(15)21-3/h12-13,15-16,18H,4-11H2,1-3H3. The predicted molar refractivity (Wildman–Crippen MR) is 86.7 cm³/mol. The Bertz CT molecular complexity index is 403. The van der Waals surface area contributed by atoms with Crippen LogP contribution in [0.25, 0.3) is 0 Å². The molecule has 2 rings (SSSR count). The summed E-state index contributed by atoms with van der Waals surface area (Å²) >= 11 is 0. The minimum Gasteiger partial charge on any atom is -0.379 e. The summed E-state index contributed by atoms with van der Waals surface area (Å²) in [5.74, 6) is 0. The maximum Gasteiger partial charge on any atom is 0.0772 e. The molecular weight excluding hydrogens is 264 g/mol. The zero-order valence-electron chi connectivity index (χ0n) is 13.7. The van der Waals surface area contributed by atoms with Crippen molar-refractivity contribution >= 4 is 5.69 Å². The van der Waals surface area contributed by atoms with Crippen molar-refractivity contribution in [3.8, 4) is 0 Å². The van der Waals surface area contributed by atoms with Gasteiger partial charge in [-0.1, -0.05) is 26.7 Å². The van der Waals surface area contributed by atoms with E-state index in [1.807, 2.05) is 18.0 Å². The molecule has 1 saturated carbocycles. The van der Waals surface area contributed by atoms with E-state index in [0.717, 1.165) is 38.3 Å². The first-order valence-corrected chi connectivity index (χ1v) is 8.31. The summed E-state index contributed by atoms with van der Waals surface area (Å²) in [6, 6.07) is 0.421. The third-order valence-corrected chi connectivity index (χ3v) is 4.53. The molecule has 120 valence electrons. The van der Waals surface area contributed by atoms with E-state index in [2.05, 4.69) is 35.4 Å². The number of hydrogen-bond donors (Lipinski definition) is 1. The number of ether oxygens (including phenoxy) is 1. The summed E-state index contributed by atoms with van der Waals surface area (Å²) in [5.41, 5.74) is 1.11. The molecule has 1 N–H and O–H groups in total. The molecular formula is C16H30N4O. The van der Waals surface area contributed by atoms with E-state index in [0.29, 0.717) is 12.1 Å². The lowest BCUT2D eigenvalue weighted by Crippen LogP contribution is -2.37. The topological polar surface area (TPSA) is 42.3 Å². The molecule has 1 aliphatic rings. The van der Waals surface area contributed by atoms with Crippen LogP contribution in [0.1, 0.15) is 39.5 Å². The average molecular weight is 294 g/mol. The molecule has 21 heavy (non-hydrogen) atoms. The molecule has 5 heteroatoms. The third-order valence-electron chi connectivity index (χ3n) is 4.53. The van der Waals surface area contributed by atoms with Gasteiger partial charge in [0.1, 0.15) is 0 Å². The van der Waals surface area contributed by atoms with Crippen LogP contribution in [0, 0.1) is 0 Å². The Kier molecular flexibility index (Phi) is 6.51. The van der Waals surface area contributed by atoms with Crippen LogP contribution in [0.15, 0.2) is 12.4 Å². The van der Waals surface area contributed by atoms with Gasteiger partial charge in [0.2, 0.25) is 0 Å². The second-order valence-corrected chi connectivity index (χ2v) is 5.83. The normalized spacial score (nSPS) is 22.7. The van der Waals surface area contributed by atoms with Crippen molar-refractivity contribution in [1.29, 1.82) is 0 Å². The Morgan fingerprint density at radius 2 is 2.10 bits per heavy atom. The van der Waals surface area contributed by atoms with Crippen LogP contribution in [0.2, 0.25) is 0 Å². The number of aromatic nitrogens is 2. The van der Waals surface area contributed by atoms with Crippen molar-refractivity contribution in [3.63, 3.8) is 0 Å². The van der Waals surface area contributed by atoms with Gasteiger partial charge in [-0.05, 0) is 25.9 Å². The number of nitrogens with one attached hydrogen (secondary N) is 1. The molecule has 0 spiro atoms. The van der Waals surface area contributed by atoms with Crippen molar-refractivity contribution in [2.24, 2.45) is 0 Å². The smallest absolute Gasteiger partial charge is 0.0772 e. The van der Waals surface area contributed by atoms with Gasteiger partial charge >= 0.3 is 0 Å². The highest BCUT2D eigenvalue weighted by Gasteiger charge is 2.24. The number of nitrogens with zero attached hydrogens (tertiary/aromatic N) is 3. The molecule has 1 aliphatic carbocycles. The van der Waals surface area contributed by atoms with E-state index >= 15 is 0 Å². The number of rotatable bonds is 8. The maximum absolute atomic E-state index is 5.59. The fraction of sp³-hybridized carbons (Fsp3) is 0.812. The van der Waals surface area contributed by atoms with Gasteiger partial charge in [-0.25, -0.2) is 0 Å². The molecule has 5 nitrogen and oxygen atoms in total. The molecule has 0 radical (unpaired) electrons. The van der Waals surface area contributed by atoms with Crippen LogP contribution in [0.5, 0.6) is 0 Å². The van der Waals surface area contributed by atoms with Gasteiger partial charge in [-0.15, -0.1) is 0 Å². The highest BCUT2D eigenvalue weighted by Crippen LogP contribution is 2.23. The molecule has 1 aromatic heterocycles. The Labute approximate surface area is 128 Å². The molecule has 1 aromatic rings. The summed E-state index contributed by atoms with van der Waals surface area (Å²) in [6.07, 6.45) is 9.28. The van der Waals surface area contributed by atoms with Gasteiger partial charge in [0.05, 0.1) is 30.6 Å². The lowest BCUT2D eigenvalue weighted by molar-refractivity contribution is 0.0606. The van der Waals surface area contributed by atoms with Crippen LogP contribution < -0.4 is 5.32 Å². The largest absolute Gasteiger partial charge is 0.379 e. The van der Waals surface area contributed by atoms with E-state index < -0.39 is 0 Å². The summed E-state index contributed by atoms with van der Waals surface area (Å²) in [7, 11) is 1.82. The van der Waals surface area contributed by atoms with E-state index in [4.69, 9.17) is 4.74 Å². The van der Waals surface area contributed by atoms with Crippen LogP contribution >= 0.6 is 0 Å². The fourth-order valence-corrected chi connectivity index (χ4v) is 3.10. The fourth-order valence-electron chi connectivity index (χ4n) is 3.10. The van der Waals surface area contributed by atoms with Gasteiger partial charge < -0.3 is 15.0 Å². The number of likely N-dealkylation sites (N-methyl/N-ethyl adjacent to an activating group) is 1. The number of anilines is 1. The van der Waals surface area contributed by atoms with E-state index in [-0.39, 0.29) is 0 Å². The minimum atomic E-state index is 0.331. The summed E-state index contributed by atoms with van der Waals surface area (Å²) in [4.78, 5) is 2.41. The molecule has 0 bridgehead atoms. The van der Waals surface area contributed by atoms with E-state index in [9.17, 15) is 0 Å². The van der Waals surface area contributed by atoms with Crippen molar-refractivity contribution < 1.29 is 4.74 Å². The summed E-state index contributed by atoms with van der Waals surface area (Å²) in [6.45, 7) is 8.60. The molecule has 1 fully saturated rings. The van der Waals surface area contributed by atoms with Gasteiger partial charge in [-0.3, -0.25) is 4.68 Å². The molecule has 1 heterocycles. The van der Waals surface area contributed by atoms with Crippen LogP contribution in [-0.2, 0) is 11.3 Å². The van der Waals surface area contributed by atoms with Gasteiger partial charge in [-0.2, -0.15) is 5.10 Å². The van der Waals surface area contributed by atoms with Crippen LogP contribution in [-0.4, -0.2) is 53.6 Å². The van der Waals surface area contributed by atoms with E-state index in [1.165, 1.54) is 19.3 Å². The molecule has 0 aliphatic heterocycles. The predicted octanol–water partition coefficient (Wildman–Crippen LogP) is 2.59. The lowest BCUT2D eigenvalue weighted by Gasteiger charge is -2.31. The summed E-state index contributed by atoms with van der Waals surface area (Å²) in [5, 5.41) is 8.06. The highest BCUT2D eigenvalue weighted by atomic mass is 16.5. The Hall–Kier alpha value is -1.07. The first-order valence-electron chi connectivity index (χ1n) is 8.31. The Morgan fingerprint density at radius 1 is 1.33 bits per heavy atom. The second kappa shape index (κ2) is 8.39. The zero-order valence-corrected chi connectivity index (χ0v) is 13.7. The van der Waals surface area contributed by atoms with Crippen molar-refractivity contribution in [3.05, 3.63) is 12.4 Å². The molecule has 0 saturated heterocycles. The van der Waals surface area contributed by atoms with Crippen molar-refractivity contribution in [2.75, 3.05) is 32.1 Å². The van der Waals surface area contributed by atoms with Gasteiger partial charge in [0, 0.05) is 19.9 Å². The quantitative estimate of drug-likeness (QED) is 0.800. The third kappa shape index (κ3) is 4.71. The monoisotopic (exact) mass is 294 g/mol. The van der Waals surface area contributed by atoms with Crippen LogP contribution in [0.3, 0.4) is 0 Å². The number of hydrogen-bond acceptors (Lipinski definition) is 4. The molecule has 0 amide bonds. The number of methoxy groups -OCH3 is 1. The lowest BCUT2D eigenvalue weighted by atomic mass is 9.92. The molecule has 0 aromatic carbocycles. The van der Waals surface area contributed by atoms with Crippen LogP contribution in [0.4, 0.5) is 5.69 Å². The first-order chi connectivity index (χ1) is 10.3. The Morgan fingerprint density at radius 3 is 2.81 bits per heavy atom. The average Bonchev–Trinajstić information content (AvgIpc) is 2.96.